The lowest BCUT2D eigenvalue weighted by molar-refractivity contribution is -0.384. The summed E-state index contributed by atoms with van der Waals surface area (Å²) in [6, 6.07) is 4.20. The molecular weight excluding hydrogens is 330 g/mol. The number of sulfonamides is 1. The number of hydrogen-bond acceptors (Lipinski definition) is 5. The van der Waals surface area contributed by atoms with E-state index in [1.54, 1.807) is 6.07 Å². The summed E-state index contributed by atoms with van der Waals surface area (Å²) in [4.78, 5) is 12.9. The van der Waals surface area contributed by atoms with Gasteiger partial charge in [0.1, 0.15) is 5.69 Å². The number of rotatable bonds is 7. The summed E-state index contributed by atoms with van der Waals surface area (Å²) in [5, 5.41) is 11.5. The van der Waals surface area contributed by atoms with Crippen molar-refractivity contribution in [3.8, 4) is 0 Å². The van der Waals surface area contributed by atoms with Crippen molar-refractivity contribution in [3.63, 3.8) is 0 Å². The van der Waals surface area contributed by atoms with Gasteiger partial charge in [-0.2, -0.15) is 0 Å². The molecular formula is C16H25N3O4S. The Balaban J connectivity index is 2.30. The minimum atomic E-state index is -3.72. The van der Waals surface area contributed by atoms with E-state index in [9.17, 15) is 18.5 Å². The van der Waals surface area contributed by atoms with E-state index in [0.717, 1.165) is 51.6 Å². The zero-order valence-corrected chi connectivity index (χ0v) is 14.8. The molecule has 1 heterocycles. The summed E-state index contributed by atoms with van der Waals surface area (Å²) in [6.45, 7) is 3.83. The molecule has 1 aliphatic heterocycles. The van der Waals surface area contributed by atoms with Gasteiger partial charge >= 0.3 is 0 Å². The van der Waals surface area contributed by atoms with Crippen LogP contribution in [-0.2, 0) is 10.0 Å². The molecule has 8 heteroatoms. The molecule has 0 radical (unpaired) electrons. The number of nitrogens with zero attached hydrogens (tertiary/aromatic N) is 2. The van der Waals surface area contributed by atoms with Gasteiger partial charge in [0.05, 0.1) is 9.82 Å². The molecule has 134 valence electrons. The molecule has 0 unspecified atom stereocenters. The molecule has 1 fully saturated rings. The third-order valence-electron chi connectivity index (χ3n) is 4.22. The zero-order valence-electron chi connectivity index (χ0n) is 14.0. The highest BCUT2D eigenvalue weighted by Crippen LogP contribution is 2.32. The average Bonchev–Trinajstić information content (AvgIpc) is 2.83. The number of benzene rings is 1. The van der Waals surface area contributed by atoms with Crippen LogP contribution in [0, 0.1) is 10.1 Å². The molecule has 24 heavy (non-hydrogen) atoms. The van der Waals surface area contributed by atoms with Crippen molar-refractivity contribution in [2.45, 2.75) is 50.3 Å². The van der Waals surface area contributed by atoms with Gasteiger partial charge in [-0.05, 0) is 31.4 Å². The smallest absolute Gasteiger partial charge is 0.293 e. The molecule has 0 aromatic heterocycles. The zero-order chi connectivity index (χ0) is 17.6. The van der Waals surface area contributed by atoms with Crippen LogP contribution in [-0.4, -0.2) is 33.0 Å². The SMILES string of the molecule is CCCCNS(=O)(=O)c1ccc(N2CCCCCC2)c([N+](=O)[O-])c1. The quantitative estimate of drug-likeness (QED) is 0.461. The molecule has 1 N–H and O–H groups in total. The highest BCUT2D eigenvalue weighted by atomic mass is 32.2. The fraction of sp³-hybridized carbons (Fsp3) is 0.625. The minimum absolute atomic E-state index is 0.0520. The van der Waals surface area contributed by atoms with Crippen molar-refractivity contribution < 1.29 is 13.3 Å². The largest absolute Gasteiger partial charge is 0.366 e. The van der Waals surface area contributed by atoms with Gasteiger partial charge in [0.2, 0.25) is 10.0 Å². The van der Waals surface area contributed by atoms with E-state index in [2.05, 4.69) is 4.72 Å². The molecule has 0 spiro atoms. The third-order valence-corrected chi connectivity index (χ3v) is 5.68. The maximum Gasteiger partial charge on any atom is 0.293 e. The third kappa shape index (κ3) is 4.67. The summed E-state index contributed by atoms with van der Waals surface area (Å²) in [5.41, 5.74) is 0.365. The molecule has 1 aromatic carbocycles. The normalized spacial score (nSPS) is 16.0. The number of anilines is 1. The highest BCUT2D eigenvalue weighted by Gasteiger charge is 2.24. The molecule has 0 atom stereocenters. The van der Waals surface area contributed by atoms with Crippen LogP contribution in [0.15, 0.2) is 23.1 Å². The Morgan fingerprint density at radius 3 is 2.46 bits per heavy atom. The molecule has 0 aliphatic carbocycles. The topological polar surface area (TPSA) is 92.6 Å². The van der Waals surface area contributed by atoms with Crippen LogP contribution in [0.3, 0.4) is 0 Å². The van der Waals surface area contributed by atoms with Crippen molar-refractivity contribution in [1.82, 2.24) is 4.72 Å². The van der Waals surface area contributed by atoms with E-state index in [0.29, 0.717) is 12.2 Å². The molecule has 1 aliphatic rings. The predicted molar refractivity (Wildman–Crippen MR) is 93.9 cm³/mol. The van der Waals surface area contributed by atoms with Crippen LogP contribution < -0.4 is 9.62 Å². The van der Waals surface area contributed by atoms with E-state index < -0.39 is 14.9 Å². The van der Waals surface area contributed by atoms with Crippen LogP contribution in [0.25, 0.3) is 0 Å². The van der Waals surface area contributed by atoms with Crippen LogP contribution in [0.5, 0.6) is 0 Å². The first-order valence-corrected chi connectivity index (χ1v) is 9.97. The highest BCUT2D eigenvalue weighted by molar-refractivity contribution is 7.89. The average molecular weight is 355 g/mol. The van der Waals surface area contributed by atoms with E-state index in [1.807, 2.05) is 11.8 Å². The van der Waals surface area contributed by atoms with Crippen LogP contribution in [0.2, 0.25) is 0 Å². The summed E-state index contributed by atoms with van der Waals surface area (Å²) in [6.07, 6.45) is 5.84. The standard InChI is InChI=1S/C16H25N3O4S/c1-2-3-10-17-24(22,23)14-8-9-15(16(13-14)19(20)21)18-11-6-4-5-7-12-18/h8-9,13,17H,2-7,10-12H2,1H3. The Morgan fingerprint density at radius 2 is 1.88 bits per heavy atom. The van der Waals surface area contributed by atoms with Crippen molar-refractivity contribution in [2.24, 2.45) is 0 Å². The lowest BCUT2D eigenvalue weighted by Crippen LogP contribution is -2.26. The number of nitro groups is 1. The molecule has 1 saturated heterocycles. The Morgan fingerprint density at radius 1 is 1.21 bits per heavy atom. The first-order chi connectivity index (χ1) is 11.5. The van der Waals surface area contributed by atoms with Crippen LogP contribution in [0.4, 0.5) is 11.4 Å². The van der Waals surface area contributed by atoms with Crippen LogP contribution in [0.1, 0.15) is 45.4 Å². The van der Waals surface area contributed by atoms with Crippen molar-refractivity contribution >= 4 is 21.4 Å². The first kappa shape index (κ1) is 18.7. The summed E-state index contributed by atoms with van der Waals surface area (Å²) in [7, 11) is -3.72. The Kier molecular flexibility index (Phi) is 6.56. The second kappa shape index (κ2) is 8.43. The van der Waals surface area contributed by atoms with Gasteiger partial charge in [0, 0.05) is 25.7 Å². The van der Waals surface area contributed by atoms with E-state index >= 15 is 0 Å². The van der Waals surface area contributed by atoms with E-state index in [4.69, 9.17) is 0 Å². The summed E-state index contributed by atoms with van der Waals surface area (Å²) < 4.78 is 27.0. The molecule has 0 bridgehead atoms. The van der Waals surface area contributed by atoms with Gasteiger partial charge in [0.15, 0.2) is 0 Å². The van der Waals surface area contributed by atoms with Gasteiger partial charge in [-0.25, -0.2) is 13.1 Å². The molecule has 0 saturated carbocycles. The van der Waals surface area contributed by atoms with Crippen molar-refractivity contribution in [1.29, 1.82) is 0 Å². The van der Waals surface area contributed by atoms with Crippen LogP contribution >= 0.6 is 0 Å². The van der Waals surface area contributed by atoms with Gasteiger partial charge in [-0.15, -0.1) is 0 Å². The first-order valence-electron chi connectivity index (χ1n) is 8.49. The Hall–Kier alpha value is -1.67. The monoisotopic (exact) mass is 355 g/mol. The lowest BCUT2D eigenvalue weighted by atomic mass is 10.2. The van der Waals surface area contributed by atoms with Gasteiger partial charge in [0.25, 0.3) is 5.69 Å². The maximum atomic E-state index is 12.3. The van der Waals surface area contributed by atoms with E-state index in [1.165, 1.54) is 12.1 Å². The second-order valence-corrected chi connectivity index (χ2v) is 7.83. The van der Waals surface area contributed by atoms with Crippen molar-refractivity contribution in [3.05, 3.63) is 28.3 Å². The fourth-order valence-corrected chi connectivity index (χ4v) is 3.96. The lowest BCUT2D eigenvalue weighted by Gasteiger charge is -2.22. The molecule has 0 amide bonds. The molecule has 2 rings (SSSR count). The Labute approximate surface area is 143 Å². The second-order valence-electron chi connectivity index (χ2n) is 6.06. The fourth-order valence-electron chi connectivity index (χ4n) is 2.86. The van der Waals surface area contributed by atoms with Gasteiger partial charge in [-0.1, -0.05) is 26.2 Å². The number of nitro benzene ring substituents is 1. The number of nitrogens with one attached hydrogen (secondary N) is 1. The predicted octanol–water partition coefficient (Wildman–Crippen LogP) is 3.05. The summed E-state index contributed by atoms with van der Waals surface area (Å²) >= 11 is 0. The maximum absolute atomic E-state index is 12.3. The Bertz CT molecular complexity index is 668. The van der Waals surface area contributed by atoms with Gasteiger partial charge < -0.3 is 4.90 Å². The number of unbranched alkanes of at least 4 members (excludes halogenated alkanes) is 1. The molecule has 7 nitrogen and oxygen atoms in total. The molecule has 1 aromatic rings. The van der Waals surface area contributed by atoms with Crippen molar-refractivity contribution in [2.75, 3.05) is 24.5 Å². The summed E-state index contributed by atoms with van der Waals surface area (Å²) in [5.74, 6) is 0. The van der Waals surface area contributed by atoms with Gasteiger partial charge in [-0.3, -0.25) is 10.1 Å². The minimum Gasteiger partial charge on any atom is -0.366 e. The number of hydrogen-bond donors (Lipinski definition) is 1. The van der Waals surface area contributed by atoms with E-state index in [-0.39, 0.29) is 10.6 Å².